The first-order chi connectivity index (χ1) is 7.08. The first-order valence-corrected chi connectivity index (χ1v) is 4.61. The lowest BCUT2D eigenvalue weighted by Gasteiger charge is -1.99. The van der Waals surface area contributed by atoms with E-state index in [2.05, 4.69) is 10.4 Å². The summed E-state index contributed by atoms with van der Waals surface area (Å²) in [5, 5.41) is 15.2. The van der Waals surface area contributed by atoms with Gasteiger partial charge in [-0.1, -0.05) is 0 Å². The number of hydrogen-bond donors (Lipinski definition) is 2. The zero-order valence-corrected chi connectivity index (χ0v) is 8.17. The van der Waals surface area contributed by atoms with Crippen LogP contribution in [0.1, 0.15) is 6.42 Å². The van der Waals surface area contributed by atoms with Gasteiger partial charge < -0.3 is 10.4 Å². The summed E-state index contributed by atoms with van der Waals surface area (Å²) in [5.74, 6) is -1.63. The van der Waals surface area contributed by atoms with Crippen LogP contribution < -0.4 is 5.32 Å². The molecule has 6 nitrogen and oxygen atoms in total. The Kier molecular flexibility index (Phi) is 2.18. The third kappa shape index (κ3) is 1.98. The summed E-state index contributed by atoms with van der Waals surface area (Å²) in [6, 6.07) is 1.66. The number of nitrogens with zero attached hydrogens (tertiary/aromatic N) is 2. The van der Waals surface area contributed by atoms with Crippen LogP contribution in [-0.4, -0.2) is 26.8 Å². The predicted molar refractivity (Wildman–Crippen MR) is 51.1 cm³/mol. The second-order valence-electron chi connectivity index (χ2n) is 3.65. The minimum absolute atomic E-state index is 0.263. The monoisotopic (exact) mass is 209 g/mol. The minimum Gasteiger partial charge on any atom is -0.481 e. The molecule has 80 valence electrons. The highest BCUT2D eigenvalue weighted by atomic mass is 16.4. The number of nitrogens with one attached hydrogen (secondary N) is 1. The predicted octanol–water partition coefficient (Wildman–Crippen LogP) is 0.0793. The van der Waals surface area contributed by atoms with E-state index in [0.717, 1.165) is 0 Å². The number of carboxylic acid groups (broad SMARTS) is 1. The number of hydrogen-bond acceptors (Lipinski definition) is 3. The van der Waals surface area contributed by atoms with Crippen LogP contribution in [0.5, 0.6) is 0 Å². The van der Waals surface area contributed by atoms with Crippen LogP contribution in [0.4, 0.5) is 5.82 Å². The van der Waals surface area contributed by atoms with Crippen molar-refractivity contribution in [1.82, 2.24) is 9.78 Å². The molecule has 1 aliphatic rings. The van der Waals surface area contributed by atoms with Gasteiger partial charge in [-0.3, -0.25) is 14.3 Å². The van der Waals surface area contributed by atoms with Crippen molar-refractivity contribution in [3.63, 3.8) is 0 Å². The molecule has 2 N–H and O–H groups in total. The fourth-order valence-electron chi connectivity index (χ4n) is 1.46. The molecule has 0 bridgehead atoms. The van der Waals surface area contributed by atoms with Gasteiger partial charge in [0.15, 0.2) is 5.82 Å². The molecule has 1 heterocycles. The summed E-state index contributed by atoms with van der Waals surface area (Å²) in [5.41, 5.74) is 0. The van der Waals surface area contributed by atoms with Crippen molar-refractivity contribution in [1.29, 1.82) is 0 Å². The Bertz CT molecular complexity index is 412. The Morgan fingerprint density at radius 1 is 1.60 bits per heavy atom. The molecule has 2 atom stereocenters. The lowest BCUT2D eigenvalue weighted by Crippen LogP contribution is -2.17. The Morgan fingerprint density at radius 3 is 2.80 bits per heavy atom. The fraction of sp³-hybridized carbons (Fsp3) is 0.444. The maximum Gasteiger partial charge on any atom is 0.307 e. The van der Waals surface area contributed by atoms with Gasteiger partial charge in [0.05, 0.1) is 11.8 Å². The number of carboxylic acids is 1. The van der Waals surface area contributed by atoms with Crippen LogP contribution in [0.2, 0.25) is 0 Å². The summed E-state index contributed by atoms with van der Waals surface area (Å²) < 4.78 is 1.57. The van der Waals surface area contributed by atoms with Gasteiger partial charge in [0.25, 0.3) is 0 Å². The smallest absolute Gasteiger partial charge is 0.307 e. The third-order valence-electron chi connectivity index (χ3n) is 2.41. The van der Waals surface area contributed by atoms with E-state index in [-0.39, 0.29) is 5.91 Å². The van der Waals surface area contributed by atoms with Gasteiger partial charge >= 0.3 is 5.97 Å². The quantitative estimate of drug-likeness (QED) is 0.738. The maximum absolute atomic E-state index is 11.5. The number of anilines is 1. The van der Waals surface area contributed by atoms with Crippen LogP contribution in [0.3, 0.4) is 0 Å². The number of aromatic nitrogens is 2. The highest BCUT2D eigenvalue weighted by Gasteiger charge is 2.48. The highest BCUT2D eigenvalue weighted by Crippen LogP contribution is 2.39. The molecular formula is C9H11N3O3. The van der Waals surface area contributed by atoms with Gasteiger partial charge in [0, 0.05) is 19.3 Å². The van der Waals surface area contributed by atoms with Crippen molar-refractivity contribution in [2.24, 2.45) is 18.9 Å². The second kappa shape index (κ2) is 3.38. The number of carbonyl (C=O) groups excluding carboxylic acids is 1. The molecule has 1 amide bonds. The van der Waals surface area contributed by atoms with Crippen LogP contribution in [-0.2, 0) is 16.6 Å². The number of aryl methyl sites for hydroxylation is 1. The Hall–Kier alpha value is -1.85. The van der Waals surface area contributed by atoms with E-state index < -0.39 is 17.8 Å². The van der Waals surface area contributed by atoms with E-state index in [4.69, 9.17) is 5.11 Å². The SMILES string of the molecule is Cn1ccc(NC(=O)[C@@H]2C[C@@H]2C(=O)O)n1. The molecule has 0 aliphatic heterocycles. The molecule has 1 aliphatic carbocycles. The first kappa shape index (κ1) is 9.70. The van der Waals surface area contributed by atoms with E-state index >= 15 is 0 Å². The van der Waals surface area contributed by atoms with Gasteiger partial charge in [0.2, 0.25) is 5.91 Å². The van der Waals surface area contributed by atoms with Gasteiger partial charge in [-0.05, 0) is 6.42 Å². The third-order valence-corrected chi connectivity index (χ3v) is 2.41. The van der Waals surface area contributed by atoms with E-state index in [1.807, 2.05) is 0 Å². The van der Waals surface area contributed by atoms with E-state index in [9.17, 15) is 9.59 Å². The molecular weight excluding hydrogens is 198 g/mol. The van der Waals surface area contributed by atoms with E-state index in [1.165, 1.54) is 0 Å². The lowest BCUT2D eigenvalue weighted by atomic mass is 10.3. The van der Waals surface area contributed by atoms with Crippen molar-refractivity contribution in [3.05, 3.63) is 12.3 Å². The number of rotatable bonds is 3. The summed E-state index contributed by atoms with van der Waals surface area (Å²) in [7, 11) is 1.74. The average molecular weight is 209 g/mol. The van der Waals surface area contributed by atoms with Crippen molar-refractivity contribution in [2.45, 2.75) is 6.42 Å². The van der Waals surface area contributed by atoms with E-state index in [1.54, 1.807) is 24.0 Å². The molecule has 1 aromatic rings. The van der Waals surface area contributed by atoms with Crippen molar-refractivity contribution < 1.29 is 14.7 Å². The summed E-state index contributed by atoms with van der Waals surface area (Å²) in [6.45, 7) is 0. The van der Waals surface area contributed by atoms with Crippen molar-refractivity contribution in [2.75, 3.05) is 5.32 Å². The summed E-state index contributed by atoms with van der Waals surface area (Å²) >= 11 is 0. The van der Waals surface area contributed by atoms with Gasteiger partial charge in [-0.15, -0.1) is 0 Å². The number of amides is 1. The lowest BCUT2D eigenvalue weighted by molar-refractivity contribution is -0.139. The standard InChI is InChI=1S/C9H11N3O3/c1-12-3-2-7(11-12)10-8(13)5-4-6(5)9(14)15/h2-3,5-6H,4H2,1H3,(H,14,15)(H,10,11,13)/t5-,6+/m1/s1. The van der Waals surface area contributed by atoms with Crippen LogP contribution in [0.25, 0.3) is 0 Å². The molecule has 0 saturated heterocycles. The normalized spacial score (nSPS) is 23.5. The first-order valence-electron chi connectivity index (χ1n) is 4.61. The zero-order chi connectivity index (χ0) is 11.0. The molecule has 1 fully saturated rings. The second-order valence-corrected chi connectivity index (χ2v) is 3.65. The van der Waals surface area contributed by atoms with E-state index in [0.29, 0.717) is 12.2 Å². The van der Waals surface area contributed by atoms with Crippen LogP contribution >= 0.6 is 0 Å². The minimum atomic E-state index is -0.906. The molecule has 2 rings (SSSR count). The Balaban J connectivity index is 1.92. The van der Waals surface area contributed by atoms with Gasteiger partial charge in [0.1, 0.15) is 0 Å². The Labute approximate surface area is 85.9 Å². The summed E-state index contributed by atoms with van der Waals surface area (Å²) in [6.07, 6.45) is 2.13. The van der Waals surface area contributed by atoms with Gasteiger partial charge in [-0.25, -0.2) is 0 Å². The molecule has 6 heteroatoms. The number of aliphatic carboxylic acids is 1. The molecule has 0 spiro atoms. The topological polar surface area (TPSA) is 84.2 Å². The van der Waals surface area contributed by atoms with Crippen molar-refractivity contribution >= 4 is 17.7 Å². The summed E-state index contributed by atoms with van der Waals surface area (Å²) in [4.78, 5) is 22.0. The molecule has 15 heavy (non-hydrogen) atoms. The molecule has 0 aromatic carbocycles. The van der Waals surface area contributed by atoms with Crippen LogP contribution in [0.15, 0.2) is 12.3 Å². The fourth-order valence-corrected chi connectivity index (χ4v) is 1.46. The van der Waals surface area contributed by atoms with Gasteiger partial charge in [-0.2, -0.15) is 5.10 Å². The molecule has 1 aromatic heterocycles. The molecule has 0 radical (unpaired) electrons. The highest BCUT2D eigenvalue weighted by molar-refractivity contribution is 5.97. The van der Waals surface area contributed by atoms with Crippen LogP contribution in [0, 0.1) is 11.8 Å². The molecule has 1 saturated carbocycles. The zero-order valence-electron chi connectivity index (χ0n) is 8.17. The largest absolute Gasteiger partial charge is 0.481 e. The average Bonchev–Trinajstić information content (AvgIpc) is 2.86. The molecule has 0 unspecified atom stereocenters. The Morgan fingerprint density at radius 2 is 2.33 bits per heavy atom. The maximum atomic E-state index is 11.5. The van der Waals surface area contributed by atoms with Crippen molar-refractivity contribution in [3.8, 4) is 0 Å². The number of carbonyl (C=O) groups is 2.